The molecule has 3 aromatic rings. The van der Waals surface area contributed by atoms with E-state index in [1.54, 1.807) is 12.4 Å². The molecule has 0 aliphatic heterocycles. The molecule has 0 spiro atoms. The van der Waals surface area contributed by atoms with E-state index in [-0.39, 0.29) is 11.4 Å². The number of hydrogen-bond acceptors (Lipinski definition) is 5. The molecule has 2 heterocycles. The third-order valence-electron chi connectivity index (χ3n) is 3.28. The Morgan fingerprint density at radius 2 is 1.79 bits per heavy atom. The van der Waals surface area contributed by atoms with Gasteiger partial charge in [0.05, 0.1) is 10.6 Å². The minimum Gasteiger partial charge on any atom is -0.265 e. The van der Waals surface area contributed by atoms with Crippen LogP contribution in [-0.4, -0.2) is 24.9 Å². The number of sulfonamides is 1. The molecule has 5 nitrogen and oxygen atoms in total. The molecule has 1 N–H and O–H groups in total. The first-order valence-electron chi connectivity index (χ1n) is 7.15. The van der Waals surface area contributed by atoms with E-state index in [2.05, 4.69) is 14.7 Å². The van der Waals surface area contributed by atoms with E-state index >= 15 is 0 Å². The largest absolute Gasteiger partial charge is 0.265 e. The van der Waals surface area contributed by atoms with Crippen LogP contribution in [0, 0.1) is 5.82 Å². The van der Waals surface area contributed by atoms with E-state index in [4.69, 9.17) is 0 Å². The average Bonchev–Trinajstić information content (AvgIpc) is 3.05. The molecule has 0 saturated carbocycles. The fraction of sp³-hybridized carbons (Fsp3) is 0.125. The highest BCUT2D eigenvalue weighted by Crippen LogP contribution is 2.22. The van der Waals surface area contributed by atoms with E-state index in [1.807, 2.05) is 17.5 Å². The second-order valence-electron chi connectivity index (χ2n) is 4.98. The maximum absolute atomic E-state index is 12.9. The van der Waals surface area contributed by atoms with Crippen molar-refractivity contribution in [3.05, 3.63) is 65.7 Å². The van der Waals surface area contributed by atoms with Crippen LogP contribution >= 0.6 is 11.3 Å². The first-order valence-corrected chi connectivity index (χ1v) is 9.51. The fourth-order valence-electron chi connectivity index (χ4n) is 2.06. The van der Waals surface area contributed by atoms with Gasteiger partial charge in [-0.15, -0.1) is 11.3 Å². The minimum absolute atomic E-state index is 0.0413. The third kappa shape index (κ3) is 4.02. The Morgan fingerprint density at radius 3 is 2.50 bits per heavy atom. The Labute approximate surface area is 143 Å². The molecular weight excluding hydrogens is 349 g/mol. The van der Waals surface area contributed by atoms with Crippen LogP contribution in [0.25, 0.3) is 10.6 Å². The Bertz CT molecular complexity index is 910. The van der Waals surface area contributed by atoms with Crippen LogP contribution in [-0.2, 0) is 16.4 Å². The van der Waals surface area contributed by atoms with E-state index in [1.165, 1.54) is 23.5 Å². The molecular formula is C16H14FN3O2S2. The summed E-state index contributed by atoms with van der Waals surface area (Å²) in [5.74, 6) is -0.472. The SMILES string of the molecule is O=S(=O)(NCCc1csc(-c2ccncc2)n1)c1ccc(F)cc1. The van der Waals surface area contributed by atoms with Crippen molar-refractivity contribution in [2.75, 3.05) is 6.54 Å². The van der Waals surface area contributed by atoms with Crippen molar-refractivity contribution in [2.24, 2.45) is 0 Å². The number of nitrogens with one attached hydrogen (secondary N) is 1. The lowest BCUT2D eigenvalue weighted by Gasteiger charge is -2.05. The Kier molecular flexibility index (Phi) is 4.98. The van der Waals surface area contributed by atoms with Gasteiger partial charge in [-0.05, 0) is 36.4 Å². The topological polar surface area (TPSA) is 72.0 Å². The summed E-state index contributed by atoms with van der Waals surface area (Å²) in [6, 6.07) is 8.47. The molecule has 24 heavy (non-hydrogen) atoms. The van der Waals surface area contributed by atoms with Crippen LogP contribution in [0.1, 0.15) is 5.69 Å². The summed E-state index contributed by atoms with van der Waals surface area (Å²) in [6.07, 6.45) is 3.88. The molecule has 0 radical (unpaired) electrons. The first kappa shape index (κ1) is 16.7. The summed E-state index contributed by atoms with van der Waals surface area (Å²) in [7, 11) is -3.64. The van der Waals surface area contributed by atoms with Gasteiger partial charge in [-0.25, -0.2) is 22.5 Å². The van der Waals surface area contributed by atoms with E-state index < -0.39 is 15.8 Å². The average molecular weight is 363 g/mol. The maximum Gasteiger partial charge on any atom is 0.240 e. The molecule has 0 amide bonds. The highest BCUT2D eigenvalue weighted by Gasteiger charge is 2.13. The summed E-state index contributed by atoms with van der Waals surface area (Å²) in [5, 5.41) is 2.77. The standard InChI is InChI=1S/C16H14FN3O2S2/c17-13-1-3-15(4-2-13)24(21,22)19-10-7-14-11-23-16(20-14)12-5-8-18-9-6-12/h1-6,8-9,11,19H,7,10H2. The zero-order valence-electron chi connectivity index (χ0n) is 12.5. The lowest BCUT2D eigenvalue weighted by molar-refractivity contribution is 0.580. The van der Waals surface area contributed by atoms with Gasteiger partial charge in [0, 0.05) is 36.3 Å². The van der Waals surface area contributed by atoms with Gasteiger partial charge in [0.2, 0.25) is 10.0 Å². The summed E-state index contributed by atoms with van der Waals surface area (Å²) in [6.45, 7) is 0.221. The monoisotopic (exact) mass is 363 g/mol. The number of aromatic nitrogens is 2. The van der Waals surface area contributed by atoms with Gasteiger partial charge in [-0.3, -0.25) is 4.98 Å². The van der Waals surface area contributed by atoms with E-state index in [0.29, 0.717) is 6.42 Å². The second-order valence-corrected chi connectivity index (χ2v) is 7.61. The van der Waals surface area contributed by atoms with Crippen molar-refractivity contribution in [1.82, 2.24) is 14.7 Å². The molecule has 3 rings (SSSR count). The Balaban J connectivity index is 1.60. The predicted molar refractivity (Wildman–Crippen MR) is 90.6 cm³/mol. The molecule has 0 saturated heterocycles. The summed E-state index contributed by atoms with van der Waals surface area (Å²) in [4.78, 5) is 8.50. The number of halogens is 1. The van der Waals surface area contributed by atoms with Crippen LogP contribution in [0.5, 0.6) is 0 Å². The molecule has 1 aromatic carbocycles. The van der Waals surface area contributed by atoms with Crippen molar-refractivity contribution in [1.29, 1.82) is 0 Å². The lowest BCUT2D eigenvalue weighted by Crippen LogP contribution is -2.26. The number of benzene rings is 1. The summed E-state index contributed by atoms with van der Waals surface area (Å²) < 4.78 is 39.6. The van der Waals surface area contributed by atoms with Crippen LogP contribution in [0.15, 0.2) is 59.1 Å². The highest BCUT2D eigenvalue weighted by molar-refractivity contribution is 7.89. The molecule has 0 atom stereocenters. The Morgan fingerprint density at radius 1 is 1.08 bits per heavy atom. The number of nitrogens with zero attached hydrogens (tertiary/aromatic N) is 2. The zero-order chi connectivity index (χ0) is 17.0. The molecule has 0 aliphatic rings. The van der Waals surface area contributed by atoms with Crippen molar-refractivity contribution in [3.8, 4) is 10.6 Å². The number of hydrogen-bond donors (Lipinski definition) is 1. The van der Waals surface area contributed by atoms with Crippen molar-refractivity contribution >= 4 is 21.4 Å². The maximum atomic E-state index is 12.9. The predicted octanol–water partition coefficient (Wildman–Crippen LogP) is 2.87. The smallest absolute Gasteiger partial charge is 0.240 e. The summed E-state index contributed by atoms with van der Waals surface area (Å²) >= 11 is 1.50. The number of pyridine rings is 1. The molecule has 8 heteroatoms. The van der Waals surface area contributed by atoms with E-state index in [9.17, 15) is 12.8 Å². The lowest BCUT2D eigenvalue weighted by atomic mass is 10.3. The summed E-state index contributed by atoms with van der Waals surface area (Å²) in [5.41, 5.74) is 1.79. The van der Waals surface area contributed by atoms with Crippen LogP contribution < -0.4 is 4.72 Å². The van der Waals surface area contributed by atoms with Gasteiger partial charge in [0.15, 0.2) is 0 Å². The minimum atomic E-state index is -3.64. The normalized spacial score (nSPS) is 11.5. The van der Waals surface area contributed by atoms with E-state index in [0.717, 1.165) is 28.4 Å². The first-order chi connectivity index (χ1) is 11.5. The molecule has 0 fully saturated rings. The third-order valence-corrected chi connectivity index (χ3v) is 5.69. The zero-order valence-corrected chi connectivity index (χ0v) is 14.1. The van der Waals surface area contributed by atoms with Crippen LogP contribution in [0.3, 0.4) is 0 Å². The van der Waals surface area contributed by atoms with Crippen molar-refractivity contribution in [3.63, 3.8) is 0 Å². The molecule has 124 valence electrons. The van der Waals surface area contributed by atoms with Gasteiger partial charge >= 0.3 is 0 Å². The second kappa shape index (κ2) is 7.16. The van der Waals surface area contributed by atoms with Crippen molar-refractivity contribution in [2.45, 2.75) is 11.3 Å². The van der Waals surface area contributed by atoms with Crippen LogP contribution in [0.4, 0.5) is 4.39 Å². The fourth-order valence-corrected chi connectivity index (χ4v) is 3.95. The quantitative estimate of drug-likeness (QED) is 0.731. The van der Waals surface area contributed by atoms with Gasteiger partial charge in [0.1, 0.15) is 10.8 Å². The molecule has 2 aromatic heterocycles. The Hall–Kier alpha value is -2.16. The molecule has 0 bridgehead atoms. The van der Waals surface area contributed by atoms with Gasteiger partial charge in [0.25, 0.3) is 0 Å². The van der Waals surface area contributed by atoms with Gasteiger partial charge in [-0.2, -0.15) is 0 Å². The number of rotatable bonds is 6. The molecule has 0 aliphatic carbocycles. The number of thiazole rings is 1. The molecule has 0 unspecified atom stereocenters. The highest BCUT2D eigenvalue weighted by atomic mass is 32.2. The van der Waals surface area contributed by atoms with Gasteiger partial charge in [-0.1, -0.05) is 0 Å². The van der Waals surface area contributed by atoms with Gasteiger partial charge < -0.3 is 0 Å². The van der Waals surface area contributed by atoms with Crippen molar-refractivity contribution < 1.29 is 12.8 Å². The van der Waals surface area contributed by atoms with Crippen LogP contribution in [0.2, 0.25) is 0 Å².